The Labute approximate surface area is 125 Å². The van der Waals surface area contributed by atoms with E-state index in [2.05, 4.69) is 5.32 Å². The molecule has 0 saturated heterocycles. The Hall–Kier alpha value is -0.990. The highest BCUT2D eigenvalue weighted by Gasteiger charge is 2.20. The minimum atomic E-state index is -0.282. The lowest BCUT2D eigenvalue weighted by Crippen LogP contribution is -2.40. The van der Waals surface area contributed by atoms with Crippen LogP contribution < -0.4 is 11.1 Å². The zero-order chi connectivity index (χ0) is 13.9. The number of nitrogens with two attached hydrogens (primary N) is 1. The SMILES string of the molecule is CC(C)(C)N[C@@H](CO)c1cc(Cl)c(N)c(C#N)c1.Cl. The highest BCUT2D eigenvalue weighted by Crippen LogP contribution is 2.28. The maximum absolute atomic E-state index is 9.45. The number of nitrogen functional groups attached to an aromatic ring is 1. The molecule has 0 unspecified atom stereocenters. The molecule has 0 aliphatic heterocycles. The Morgan fingerprint density at radius 2 is 2.05 bits per heavy atom. The summed E-state index contributed by atoms with van der Waals surface area (Å²) in [6.07, 6.45) is 0. The van der Waals surface area contributed by atoms with Gasteiger partial charge in [0.25, 0.3) is 0 Å². The third-order valence-electron chi connectivity index (χ3n) is 2.46. The lowest BCUT2D eigenvalue weighted by molar-refractivity contribution is 0.217. The summed E-state index contributed by atoms with van der Waals surface area (Å²) in [6, 6.07) is 5.05. The maximum Gasteiger partial charge on any atom is 0.101 e. The Morgan fingerprint density at radius 1 is 1.47 bits per heavy atom. The van der Waals surface area contributed by atoms with Gasteiger partial charge < -0.3 is 16.2 Å². The van der Waals surface area contributed by atoms with E-state index in [1.807, 2.05) is 26.8 Å². The number of rotatable bonds is 3. The predicted molar refractivity (Wildman–Crippen MR) is 80.5 cm³/mol. The summed E-state index contributed by atoms with van der Waals surface area (Å²) in [6.45, 7) is 5.92. The third-order valence-corrected chi connectivity index (χ3v) is 2.78. The lowest BCUT2D eigenvalue weighted by Gasteiger charge is -2.28. The molecule has 1 atom stereocenters. The first-order valence-corrected chi connectivity index (χ1v) is 6.04. The van der Waals surface area contributed by atoms with Gasteiger partial charge in [-0.2, -0.15) is 5.26 Å². The maximum atomic E-state index is 9.45. The van der Waals surface area contributed by atoms with E-state index in [9.17, 15) is 5.11 Å². The van der Waals surface area contributed by atoms with Gasteiger partial charge >= 0.3 is 0 Å². The Kier molecular flexibility index (Phi) is 6.61. The van der Waals surface area contributed by atoms with Crippen LogP contribution in [0.2, 0.25) is 5.02 Å². The fourth-order valence-electron chi connectivity index (χ4n) is 1.69. The first-order valence-electron chi connectivity index (χ1n) is 5.66. The molecule has 0 amide bonds. The van der Waals surface area contributed by atoms with Crippen molar-refractivity contribution in [3.63, 3.8) is 0 Å². The number of nitrogens with one attached hydrogen (secondary N) is 1. The first kappa shape index (κ1) is 18.0. The largest absolute Gasteiger partial charge is 0.396 e. The number of aliphatic hydroxyl groups excluding tert-OH is 1. The molecule has 0 spiro atoms. The van der Waals surface area contributed by atoms with Crippen LogP contribution in [-0.4, -0.2) is 17.3 Å². The molecule has 0 heterocycles. The number of hydrogen-bond donors (Lipinski definition) is 3. The third kappa shape index (κ3) is 4.88. The first-order chi connectivity index (χ1) is 8.28. The van der Waals surface area contributed by atoms with E-state index in [-0.39, 0.29) is 36.3 Å². The molecule has 6 heteroatoms. The van der Waals surface area contributed by atoms with Gasteiger partial charge in [0.2, 0.25) is 0 Å². The zero-order valence-electron chi connectivity index (χ0n) is 11.2. The van der Waals surface area contributed by atoms with E-state index in [4.69, 9.17) is 22.6 Å². The van der Waals surface area contributed by atoms with Gasteiger partial charge in [-0.3, -0.25) is 0 Å². The van der Waals surface area contributed by atoms with Crippen LogP contribution in [0.25, 0.3) is 0 Å². The molecular weight excluding hydrogens is 285 g/mol. The highest BCUT2D eigenvalue weighted by atomic mass is 35.5. The molecule has 0 fully saturated rings. The van der Waals surface area contributed by atoms with Crippen molar-refractivity contribution in [2.75, 3.05) is 12.3 Å². The average molecular weight is 304 g/mol. The molecule has 0 aliphatic carbocycles. The van der Waals surface area contributed by atoms with Gasteiger partial charge in [-0.05, 0) is 38.5 Å². The van der Waals surface area contributed by atoms with Crippen LogP contribution in [0.4, 0.5) is 5.69 Å². The van der Waals surface area contributed by atoms with Gasteiger partial charge in [0.15, 0.2) is 0 Å². The van der Waals surface area contributed by atoms with Gasteiger partial charge in [0.1, 0.15) is 6.07 Å². The van der Waals surface area contributed by atoms with Crippen molar-refractivity contribution in [3.05, 3.63) is 28.3 Å². The second-order valence-corrected chi connectivity index (χ2v) is 5.61. The summed E-state index contributed by atoms with van der Waals surface area (Å²) < 4.78 is 0. The second-order valence-electron chi connectivity index (χ2n) is 5.21. The monoisotopic (exact) mass is 303 g/mol. The molecule has 4 nitrogen and oxygen atoms in total. The molecule has 0 saturated carbocycles. The summed E-state index contributed by atoms with van der Waals surface area (Å²) in [5, 5.41) is 22.0. The smallest absolute Gasteiger partial charge is 0.101 e. The summed E-state index contributed by atoms with van der Waals surface area (Å²) in [4.78, 5) is 0. The van der Waals surface area contributed by atoms with Crippen molar-refractivity contribution in [2.45, 2.75) is 32.4 Å². The van der Waals surface area contributed by atoms with Gasteiger partial charge in [-0.15, -0.1) is 12.4 Å². The van der Waals surface area contributed by atoms with Crippen molar-refractivity contribution in [3.8, 4) is 6.07 Å². The van der Waals surface area contributed by atoms with Crippen molar-refractivity contribution in [1.29, 1.82) is 5.26 Å². The standard InChI is InChI=1S/C13H18ClN3O.ClH/c1-13(2,3)17-11(7-18)8-4-9(6-15)12(16)10(14)5-8;/h4-5,11,17-18H,7,16H2,1-3H3;1H/t11-;/m0./s1. The number of hydrogen-bond acceptors (Lipinski definition) is 4. The number of anilines is 1. The molecule has 0 bridgehead atoms. The predicted octanol–water partition coefficient (Wildman–Crippen LogP) is 2.64. The van der Waals surface area contributed by atoms with Crippen LogP contribution in [0.3, 0.4) is 0 Å². The van der Waals surface area contributed by atoms with Crippen molar-refractivity contribution in [2.24, 2.45) is 0 Å². The van der Waals surface area contributed by atoms with E-state index < -0.39 is 0 Å². The number of nitrogens with zero attached hydrogens (tertiary/aromatic N) is 1. The molecule has 4 N–H and O–H groups in total. The summed E-state index contributed by atoms with van der Waals surface area (Å²) >= 11 is 5.98. The quantitative estimate of drug-likeness (QED) is 0.750. The molecule has 0 aliphatic rings. The van der Waals surface area contributed by atoms with Crippen molar-refractivity contribution >= 4 is 29.7 Å². The second kappa shape index (κ2) is 6.97. The fraction of sp³-hybridized carbons (Fsp3) is 0.462. The molecule has 1 aromatic rings. The summed E-state index contributed by atoms with van der Waals surface area (Å²) in [5.41, 5.74) is 6.89. The van der Waals surface area contributed by atoms with Gasteiger partial charge in [-0.1, -0.05) is 11.6 Å². The van der Waals surface area contributed by atoms with E-state index in [0.29, 0.717) is 10.6 Å². The van der Waals surface area contributed by atoms with Crippen LogP contribution in [-0.2, 0) is 0 Å². The minimum absolute atomic E-state index is 0. The number of nitriles is 1. The highest BCUT2D eigenvalue weighted by molar-refractivity contribution is 6.33. The Balaban J connectivity index is 0.00000324. The van der Waals surface area contributed by atoms with Crippen LogP contribution in [0, 0.1) is 11.3 Å². The molecule has 19 heavy (non-hydrogen) atoms. The van der Waals surface area contributed by atoms with Gasteiger partial charge in [0, 0.05) is 5.54 Å². The molecule has 1 aromatic carbocycles. The molecule has 0 aromatic heterocycles. The van der Waals surface area contributed by atoms with Crippen molar-refractivity contribution in [1.82, 2.24) is 5.32 Å². The molecule has 106 valence electrons. The Morgan fingerprint density at radius 3 is 2.47 bits per heavy atom. The van der Waals surface area contributed by atoms with E-state index in [1.165, 1.54) is 0 Å². The zero-order valence-corrected chi connectivity index (χ0v) is 12.8. The minimum Gasteiger partial charge on any atom is -0.396 e. The van der Waals surface area contributed by atoms with Crippen LogP contribution in [0.5, 0.6) is 0 Å². The molecular formula is C13H19Cl2N3O. The molecule has 0 radical (unpaired) electrons. The van der Waals surface area contributed by atoms with Gasteiger partial charge in [-0.25, -0.2) is 0 Å². The fourth-order valence-corrected chi connectivity index (χ4v) is 1.92. The number of halogens is 2. The van der Waals surface area contributed by atoms with Gasteiger partial charge in [0.05, 0.1) is 28.9 Å². The van der Waals surface area contributed by atoms with E-state index in [1.54, 1.807) is 12.1 Å². The van der Waals surface area contributed by atoms with Crippen molar-refractivity contribution < 1.29 is 5.11 Å². The summed E-state index contributed by atoms with van der Waals surface area (Å²) in [7, 11) is 0. The van der Waals surface area contributed by atoms with Crippen LogP contribution in [0.1, 0.15) is 37.9 Å². The molecule has 1 rings (SSSR count). The summed E-state index contributed by atoms with van der Waals surface area (Å²) in [5.74, 6) is 0. The van der Waals surface area contributed by atoms with E-state index in [0.717, 1.165) is 5.56 Å². The Bertz CT molecular complexity index is 478. The number of aliphatic hydroxyl groups is 1. The van der Waals surface area contributed by atoms with Crippen LogP contribution in [0.15, 0.2) is 12.1 Å². The van der Waals surface area contributed by atoms with Crippen LogP contribution >= 0.6 is 24.0 Å². The lowest BCUT2D eigenvalue weighted by atomic mass is 10.00. The topological polar surface area (TPSA) is 82.1 Å². The van der Waals surface area contributed by atoms with E-state index >= 15 is 0 Å². The number of benzene rings is 1. The average Bonchev–Trinajstić information content (AvgIpc) is 2.28. The normalized spacial score (nSPS) is 12.4.